The van der Waals surface area contributed by atoms with Gasteiger partial charge < -0.3 is 10.2 Å². The van der Waals surface area contributed by atoms with E-state index in [1.807, 2.05) is 19.9 Å². The number of aryl methyl sites for hydroxylation is 3. The maximum atomic E-state index is 12.8. The Bertz CT molecular complexity index is 1060. The zero-order chi connectivity index (χ0) is 21.8. The van der Waals surface area contributed by atoms with Gasteiger partial charge in [-0.1, -0.05) is 42.7 Å². The van der Waals surface area contributed by atoms with Crippen molar-refractivity contribution in [3.8, 4) is 11.1 Å². The Kier molecular flexibility index (Phi) is 6.66. The number of benzene rings is 1. The summed E-state index contributed by atoms with van der Waals surface area (Å²) in [5, 5.41) is 7.77. The molecule has 0 spiro atoms. The van der Waals surface area contributed by atoms with E-state index in [-0.39, 0.29) is 5.91 Å². The summed E-state index contributed by atoms with van der Waals surface area (Å²) in [5.74, 6) is -0.0759. The molecular formula is C25H33N5O. The first kappa shape index (κ1) is 21.5. The molecule has 1 amide bonds. The fourth-order valence-corrected chi connectivity index (χ4v) is 4.52. The van der Waals surface area contributed by atoms with E-state index in [2.05, 4.69) is 40.3 Å². The number of carbonyl (C=O) groups is 1. The van der Waals surface area contributed by atoms with Crippen LogP contribution in [0, 0.1) is 20.8 Å². The van der Waals surface area contributed by atoms with Gasteiger partial charge in [-0.15, -0.1) is 0 Å². The third-order valence-electron chi connectivity index (χ3n) is 6.25. The predicted octanol–water partition coefficient (Wildman–Crippen LogP) is 4.32. The Labute approximate surface area is 184 Å². The van der Waals surface area contributed by atoms with Crippen LogP contribution in [0.15, 0.2) is 30.5 Å². The van der Waals surface area contributed by atoms with Crippen molar-refractivity contribution < 1.29 is 4.79 Å². The van der Waals surface area contributed by atoms with E-state index < -0.39 is 0 Å². The molecule has 2 aromatic heterocycles. The quantitative estimate of drug-likeness (QED) is 0.605. The molecule has 1 fully saturated rings. The first-order chi connectivity index (χ1) is 15.0. The summed E-state index contributed by atoms with van der Waals surface area (Å²) in [6, 6.07) is 8.36. The van der Waals surface area contributed by atoms with Gasteiger partial charge in [0.15, 0.2) is 5.65 Å². The average molecular weight is 420 g/mol. The van der Waals surface area contributed by atoms with E-state index in [1.165, 1.54) is 44.3 Å². The lowest BCUT2D eigenvalue weighted by atomic mass is 10.0. The van der Waals surface area contributed by atoms with Crippen LogP contribution in [0.25, 0.3) is 16.8 Å². The molecule has 0 unspecified atom stereocenters. The molecule has 1 saturated heterocycles. The molecule has 31 heavy (non-hydrogen) atoms. The standard InChI is InChI=1S/C25H33N5O/c1-18-10-8-11-21(16-18)23-19(2)28-30-20(3)22(17-27-24(23)30)25(31)26-12-9-15-29-13-6-4-5-7-14-29/h8,10-11,16-17H,4-7,9,12-15H2,1-3H3,(H,26,31). The molecule has 0 aliphatic carbocycles. The molecule has 1 aliphatic rings. The molecular weight excluding hydrogens is 386 g/mol. The van der Waals surface area contributed by atoms with Gasteiger partial charge in [0, 0.05) is 18.3 Å². The summed E-state index contributed by atoms with van der Waals surface area (Å²) in [6.45, 7) is 10.1. The molecule has 6 nitrogen and oxygen atoms in total. The fraction of sp³-hybridized carbons (Fsp3) is 0.480. The SMILES string of the molecule is Cc1cccc(-c2c(C)nn3c(C)c(C(=O)NCCCN4CCCCCC4)cnc23)c1. The first-order valence-electron chi connectivity index (χ1n) is 11.5. The summed E-state index contributed by atoms with van der Waals surface area (Å²) in [6.07, 6.45) is 7.95. The van der Waals surface area contributed by atoms with Crippen LogP contribution in [0.3, 0.4) is 0 Å². The summed E-state index contributed by atoms with van der Waals surface area (Å²) in [4.78, 5) is 20.0. The van der Waals surface area contributed by atoms with Gasteiger partial charge in [0.05, 0.1) is 17.0 Å². The Hall–Kier alpha value is -2.73. The second kappa shape index (κ2) is 9.60. The van der Waals surface area contributed by atoms with Gasteiger partial charge in [0.1, 0.15) is 0 Å². The van der Waals surface area contributed by atoms with Crippen LogP contribution in [-0.2, 0) is 0 Å². The minimum absolute atomic E-state index is 0.0759. The first-order valence-corrected chi connectivity index (χ1v) is 11.5. The molecule has 4 rings (SSSR count). The lowest BCUT2D eigenvalue weighted by Crippen LogP contribution is -2.31. The topological polar surface area (TPSA) is 62.5 Å². The lowest BCUT2D eigenvalue weighted by molar-refractivity contribution is 0.0950. The predicted molar refractivity (Wildman–Crippen MR) is 124 cm³/mol. The van der Waals surface area contributed by atoms with E-state index >= 15 is 0 Å². The van der Waals surface area contributed by atoms with Gasteiger partial charge >= 0.3 is 0 Å². The molecule has 164 valence electrons. The summed E-state index contributed by atoms with van der Waals surface area (Å²) >= 11 is 0. The zero-order valence-electron chi connectivity index (χ0n) is 18.9. The van der Waals surface area contributed by atoms with Crippen molar-refractivity contribution in [2.24, 2.45) is 0 Å². The van der Waals surface area contributed by atoms with E-state index in [1.54, 1.807) is 10.7 Å². The van der Waals surface area contributed by atoms with Crippen LogP contribution in [0.4, 0.5) is 0 Å². The molecule has 0 atom stereocenters. The second-order valence-corrected chi connectivity index (χ2v) is 8.69. The number of fused-ring (bicyclic) bond motifs is 1. The highest BCUT2D eigenvalue weighted by atomic mass is 16.1. The monoisotopic (exact) mass is 419 g/mol. The number of hydrogen-bond acceptors (Lipinski definition) is 4. The molecule has 1 aromatic carbocycles. The Balaban J connectivity index is 1.46. The fourth-order valence-electron chi connectivity index (χ4n) is 4.52. The van der Waals surface area contributed by atoms with Crippen molar-refractivity contribution in [1.82, 2.24) is 24.8 Å². The van der Waals surface area contributed by atoms with E-state index in [0.717, 1.165) is 41.1 Å². The number of amides is 1. The number of hydrogen-bond donors (Lipinski definition) is 1. The van der Waals surface area contributed by atoms with Crippen molar-refractivity contribution in [3.05, 3.63) is 53.0 Å². The van der Waals surface area contributed by atoms with E-state index in [0.29, 0.717) is 12.1 Å². The molecule has 1 N–H and O–H groups in total. The maximum absolute atomic E-state index is 12.8. The normalized spacial score (nSPS) is 15.2. The van der Waals surface area contributed by atoms with Crippen molar-refractivity contribution in [2.45, 2.75) is 52.9 Å². The van der Waals surface area contributed by atoms with Gasteiger partial charge in [0.2, 0.25) is 0 Å². The third-order valence-corrected chi connectivity index (χ3v) is 6.25. The minimum atomic E-state index is -0.0759. The highest BCUT2D eigenvalue weighted by Gasteiger charge is 2.19. The van der Waals surface area contributed by atoms with Gasteiger partial charge in [0.25, 0.3) is 5.91 Å². The number of likely N-dealkylation sites (tertiary alicyclic amines) is 1. The van der Waals surface area contributed by atoms with Crippen molar-refractivity contribution in [1.29, 1.82) is 0 Å². The van der Waals surface area contributed by atoms with E-state index in [9.17, 15) is 4.79 Å². The molecule has 3 aromatic rings. The smallest absolute Gasteiger partial charge is 0.254 e. The van der Waals surface area contributed by atoms with Crippen LogP contribution in [0.1, 0.15) is 59.4 Å². The van der Waals surface area contributed by atoms with Gasteiger partial charge in [-0.3, -0.25) is 4.79 Å². The average Bonchev–Trinajstić information content (AvgIpc) is 2.91. The maximum Gasteiger partial charge on any atom is 0.254 e. The summed E-state index contributed by atoms with van der Waals surface area (Å²) in [5.41, 5.74) is 6.43. The van der Waals surface area contributed by atoms with Crippen LogP contribution in [0.2, 0.25) is 0 Å². The highest BCUT2D eigenvalue weighted by Crippen LogP contribution is 2.28. The minimum Gasteiger partial charge on any atom is -0.352 e. The Morgan fingerprint density at radius 2 is 1.87 bits per heavy atom. The highest BCUT2D eigenvalue weighted by molar-refractivity contribution is 5.95. The van der Waals surface area contributed by atoms with Crippen LogP contribution >= 0.6 is 0 Å². The number of nitrogens with zero attached hydrogens (tertiary/aromatic N) is 4. The molecule has 6 heteroatoms. The molecule has 0 saturated carbocycles. The number of nitrogens with one attached hydrogen (secondary N) is 1. The van der Waals surface area contributed by atoms with Crippen molar-refractivity contribution in [3.63, 3.8) is 0 Å². The van der Waals surface area contributed by atoms with Gasteiger partial charge in [-0.25, -0.2) is 9.50 Å². The van der Waals surface area contributed by atoms with Crippen LogP contribution in [0.5, 0.6) is 0 Å². The Morgan fingerprint density at radius 1 is 1.10 bits per heavy atom. The van der Waals surface area contributed by atoms with Crippen LogP contribution in [-0.4, -0.2) is 51.6 Å². The number of carbonyl (C=O) groups excluding carboxylic acids is 1. The summed E-state index contributed by atoms with van der Waals surface area (Å²) < 4.78 is 1.80. The van der Waals surface area contributed by atoms with E-state index in [4.69, 9.17) is 5.10 Å². The zero-order valence-corrected chi connectivity index (χ0v) is 18.9. The number of aromatic nitrogens is 3. The Morgan fingerprint density at radius 3 is 2.61 bits per heavy atom. The van der Waals surface area contributed by atoms with Crippen LogP contribution < -0.4 is 5.32 Å². The second-order valence-electron chi connectivity index (χ2n) is 8.69. The molecule has 3 heterocycles. The van der Waals surface area contributed by atoms with Crippen molar-refractivity contribution >= 4 is 11.6 Å². The third kappa shape index (κ3) is 4.79. The van der Waals surface area contributed by atoms with Gasteiger partial charge in [-0.05, 0) is 65.2 Å². The van der Waals surface area contributed by atoms with Gasteiger partial charge in [-0.2, -0.15) is 5.10 Å². The largest absolute Gasteiger partial charge is 0.352 e. The molecule has 0 bridgehead atoms. The summed E-state index contributed by atoms with van der Waals surface area (Å²) in [7, 11) is 0. The molecule has 1 aliphatic heterocycles. The van der Waals surface area contributed by atoms with Crippen molar-refractivity contribution in [2.75, 3.05) is 26.2 Å². The number of rotatable bonds is 6. The lowest BCUT2D eigenvalue weighted by Gasteiger charge is -2.19. The molecule has 0 radical (unpaired) electrons.